The summed E-state index contributed by atoms with van der Waals surface area (Å²) in [5, 5.41) is 0. The summed E-state index contributed by atoms with van der Waals surface area (Å²) < 4.78 is 0. The van der Waals surface area contributed by atoms with Crippen LogP contribution >= 0.6 is 0 Å². The van der Waals surface area contributed by atoms with E-state index in [0.29, 0.717) is 0 Å². The van der Waals surface area contributed by atoms with Crippen LogP contribution in [0.15, 0.2) is 60.7 Å². The van der Waals surface area contributed by atoms with Crippen LogP contribution in [0.1, 0.15) is 42.4 Å². The van der Waals surface area contributed by atoms with E-state index >= 15 is 0 Å². The molecule has 0 spiro atoms. The van der Waals surface area contributed by atoms with E-state index in [-0.39, 0.29) is 0 Å². The maximum absolute atomic E-state index is 2.41. The molecule has 1 aliphatic rings. The lowest BCUT2D eigenvalue weighted by atomic mass is 9.93. The highest BCUT2D eigenvalue weighted by molar-refractivity contribution is 5.73. The van der Waals surface area contributed by atoms with Gasteiger partial charge in [0.2, 0.25) is 0 Å². The molecule has 0 bridgehead atoms. The first-order valence-corrected chi connectivity index (χ1v) is 7.44. The molecule has 100 valence electrons. The molecular weight excluding hydrogens is 240 g/mol. The van der Waals surface area contributed by atoms with Gasteiger partial charge in [-0.05, 0) is 54.0 Å². The van der Waals surface area contributed by atoms with E-state index in [1.807, 2.05) is 6.07 Å². The zero-order valence-electron chi connectivity index (χ0n) is 11.8. The number of hydrogen-bond donors (Lipinski definition) is 0. The molecule has 3 rings (SSSR count). The van der Waals surface area contributed by atoms with Crippen LogP contribution in [0.5, 0.6) is 0 Å². The van der Waals surface area contributed by atoms with E-state index in [4.69, 9.17) is 0 Å². The normalized spacial score (nSPS) is 15.3. The van der Waals surface area contributed by atoms with Gasteiger partial charge in [0.25, 0.3) is 0 Å². The highest BCUT2D eigenvalue weighted by Gasteiger charge is 2.05. The topological polar surface area (TPSA) is 0 Å². The van der Waals surface area contributed by atoms with Gasteiger partial charge in [-0.25, -0.2) is 0 Å². The van der Waals surface area contributed by atoms with Gasteiger partial charge in [-0.1, -0.05) is 66.8 Å². The van der Waals surface area contributed by atoms with Crippen LogP contribution in [0.25, 0.3) is 17.7 Å². The van der Waals surface area contributed by atoms with Crippen molar-refractivity contribution in [2.24, 2.45) is 0 Å². The minimum atomic E-state index is 1.23. The first kappa shape index (κ1) is 12.9. The minimum Gasteiger partial charge on any atom is -0.0807 e. The predicted octanol–water partition coefficient (Wildman–Crippen LogP) is 5.81. The third-order valence-electron chi connectivity index (χ3n) is 3.82. The van der Waals surface area contributed by atoms with Crippen LogP contribution in [0.3, 0.4) is 0 Å². The summed E-state index contributed by atoms with van der Waals surface area (Å²) in [4.78, 5) is 0. The van der Waals surface area contributed by atoms with Crippen molar-refractivity contribution in [3.8, 4) is 0 Å². The monoisotopic (exact) mass is 260 g/mol. The van der Waals surface area contributed by atoms with Crippen molar-refractivity contribution in [1.29, 1.82) is 0 Å². The largest absolute Gasteiger partial charge is 0.0807 e. The molecule has 2 aromatic carbocycles. The molecule has 0 aliphatic heterocycles. The van der Waals surface area contributed by atoms with Crippen molar-refractivity contribution >= 4 is 17.7 Å². The maximum atomic E-state index is 2.41. The molecule has 2 aromatic rings. The van der Waals surface area contributed by atoms with Crippen LogP contribution in [0.2, 0.25) is 0 Å². The second-order valence-corrected chi connectivity index (χ2v) is 5.34. The zero-order valence-corrected chi connectivity index (χ0v) is 11.8. The van der Waals surface area contributed by atoms with E-state index in [9.17, 15) is 0 Å². The van der Waals surface area contributed by atoms with E-state index in [0.717, 1.165) is 0 Å². The second-order valence-electron chi connectivity index (χ2n) is 5.34. The Labute approximate surface area is 121 Å². The number of benzene rings is 2. The van der Waals surface area contributed by atoms with E-state index in [1.165, 1.54) is 47.9 Å². The van der Waals surface area contributed by atoms with Crippen LogP contribution in [-0.4, -0.2) is 0 Å². The quantitative estimate of drug-likeness (QED) is 0.610. The van der Waals surface area contributed by atoms with Gasteiger partial charge in [0.15, 0.2) is 0 Å². The summed E-state index contributed by atoms with van der Waals surface area (Å²) >= 11 is 0. The Balaban J connectivity index is 1.81. The molecule has 0 nitrogen and oxygen atoms in total. The third-order valence-corrected chi connectivity index (χ3v) is 3.82. The fourth-order valence-electron chi connectivity index (χ4n) is 2.70. The Morgan fingerprint density at radius 1 is 0.750 bits per heavy atom. The average molecular weight is 260 g/mol. The SMILES string of the molecule is C1=C(c2cccc(/C=C/c3ccccc3)c2)CCCC1. The highest BCUT2D eigenvalue weighted by Crippen LogP contribution is 2.27. The number of rotatable bonds is 3. The zero-order chi connectivity index (χ0) is 13.6. The minimum absolute atomic E-state index is 1.23. The fourth-order valence-corrected chi connectivity index (χ4v) is 2.70. The predicted molar refractivity (Wildman–Crippen MR) is 88.3 cm³/mol. The first-order chi connectivity index (χ1) is 9.92. The van der Waals surface area contributed by atoms with Gasteiger partial charge in [0.1, 0.15) is 0 Å². The highest BCUT2D eigenvalue weighted by atomic mass is 14.1. The van der Waals surface area contributed by atoms with E-state index < -0.39 is 0 Å². The van der Waals surface area contributed by atoms with Crippen LogP contribution in [0.4, 0.5) is 0 Å². The summed E-state index contributed by atoms with van der Waals surface area (Å²) in [7, 11) is 0. The number of hydrogen-bond acceptors (Lipinski definition) is 0. The number of allylic oxidation sites excluding steroid dienone is 2. The molecule has 0 atom stereocenters. The van der Waals surface area contributed by atoms with Crippen molar-refractivity contribution in [3.63, 3.8) is 0 Å². The molecule has 0 radical (unpaired) electrons. The van der Waals surface area contributed by atoms with Gasteiger partial charge >= 0.3 is 0 Å². The first-order valence-electron chi connectivity index (χ1n) is 7.44. The van der Waals surface area contributed by atoms with Crippen LogP contribution in [0, 0.1) is 0 Å². The smallest absolute Gasteiger partial charge is 0.0222 e. The molecule has 0 saturated heterocycles. The van der Waals surface area contributed by atoms with Crippen molar-refractivity contribution in [2.45, 2.75) is 25.7 Å². The van der Waals surface area contributed by atoms with Crippen LogP contribution in [-0.2, 0) is 0 Å². The molecule has 0 heterocycles. The lowest BCUT2D eigenvalue weighted by molar-refractivity contribution is 0.742. The summed E-state index contributed by atoms with van der Waals surface area (Å²) in [6, 6.07) is 19.3. The Bertz CT molecular complexity index is 617. The summed E-state index contributed by atoms with van der Waals surface area (Å²) in [6.45, 7) is 0. The van der Waals surface area contributed by atoms with Gasteiger partial charge in [0, 0.05) is 0 Å². The molecule has 0 aromatic heterocycles. The van der Waals surface area contributed by atoms with E-state index in [1.54, 1.807) is 0 Å². The van der Waals surface area contributed by atoms with E-state index in [2.05, 4.69) is 66.8 Å². The molecular formula is C20H20. The van der Waals surface area contributed by atoms with Crippen molar-refractivity contribution < 1.29 is 0 Å². The molecule has 0 unspecified atom stereocenters. The second kappa shape index (κ2) is 6.38. The van der Waals surface area contributed by atoms with Gasteiger partial charge in [-0.2, -0.15) is 0 Å². The Morgan fingerprint density at radius 2 is 1.55 bits per heavy atom. The molecule has 1 aliphatic carbocycles. The standard InChI is InChI=1S/C20H20/c1-3-8-17(9-4-1)14-15-18-10-7-13-20(16-18)19-11-5-2-6-12-19/h1,3-4,7-11,13-16H,2,5-6,12H2/b15-14+. The van der Waals surface area contributed by atoms with Crippen molar-refractivity contribution in [2.75, 3.05) is 0 Å². The summed E-state index contributed by atoms with van der Waals surface area (Å²) in [5.74, 6) is 0. The molecule has 0 amide bonds. The Kier molecular flexibility index (Phi) is 4.13. The summed E-state index contributed by atoms with van der Waals surface area (Å²) in [6.07, 6.45) is 11.9. The van der Waals surface area contributed by atoms with Gasteiger partial charge < -0.3 is 0 Å². The third kappa shape index (κ3) is 3.27. The molecule has 0 heteroatoms. The average Bonchev–Trinajstić information content (AvgIpc) is 2.55. The molecule has 0 fully saturated rings. The molecule has 0 saturated carbocycles. The molecule has 0 N–H and O–H groups in total. The van der Waals surface area contributed by atoms with Gasteiger partial charge in [-0.3, -0.25) is 0 Å². The summed E-state index contributed by atoms with van der Waals surface area (Å²) in [5.41, 5.74) is 5.43. The van der Waals surface area contributed by atoms with Crippen molar-refractivity contribution in [1.82, 2.24) is 0 Å². The molecule has 20 heavy (non-hydrogen) atoms. The maximum Gasteiger partial charge on any atom is -0.0222 e. The van der Waals surface area contributed by atoms with Crippen molar-refractivity contribution in [3.05, 3.63) is 77.4 Å². The van der Waals surface area contributed by atoms with Gasteiger partial charge in [-0.15, -0.1) is 0 Å². The fraction of sp³-hybridized carbons (Fsp3) is 0.200. The van der Waals surface area contributed by atoms with Gasteiger partial charge in [0.05, 0.1) is 0 Å². The Morgan fingerprint density at radius 3 is 2.35 bits per heavy atom. The lowest BCUT2D eigenvalue weighted by Gasteiger charge is -2.13. The Hall–Kier alpha value is -2.08. The van der Waals surface area contributed by atoms with Crippen LogP contribution < -0.4 is 0 Å². The lowest BCUT2D eigenvalue weighted by Crippen LogP contribution is -1.91.